The van der Waals surface area contributed by atoms with Crippen molar-refractivity contribution in [3.8, 4) is 0 Å². The summed E-state index contributed by atoms with van der Waals surface area (Å²) in [6.45, 7) is 6.28. The third-order valence-corrected chi connectivity index (χ3v) is 6.05. The van der Waals surface area contributed by atoms with E-state index in [2.05, 4.69) is 19.2 Å². The molecule has 112 valence electrons. The lowest BCUT2D eigenvalue weighted by Gasteiger charge is -2.40. The summed E-state index contributed by atoms with van der Waals surface area (Å²) < 4.78 is 5.89. The molecule has 0 radical (unpaired) electrons. The second-order valence-electron chi connectivity index (χ2n) is 6.06. The fourth-order valence-corrected chi connectivity index (χ4v) is 4.89. The number of aryl methyl sites for hydroxylation is 2. The summed E-state index contributed by atoms with van der Waals surface area (Å²) in [6.07, 6.45) is 8.68. The Morgan fingerprint density at radius 3 is 2.95 bits per heavy atom. The molecule has 1 aromatic rings. The Morgan fingerprint density at radius 2 is 2.20 bits per heavy atom. The molecule has 1 aliphatic carbocycles. The van der Waals surface area contributed by atoms with Crippen molar-refractivity contribution in [1.82, 2.24) is 10.3 Å². The van der Waals surface area contributed by atoms with Gasteiger partial charge in [-0.15, -0.1) is 11.3 Å². The summed E-state index contributed by atoms with van der Waals surface area (Å²) in [5, 5.41) is 5.08. The maximum atomic E-state index is 5.89. The predicted molar refractivity (Wildman–Crippen MR) is 83.4 cm³/mol. The van der Waals surface area contributed by atoms with Crippen molar-refractivity contribution in [2.75, 3.05) is 13.2 Å². The Labute approximate surface area is 126 Å². The molecule has 2 heterocycles. The molecule has 20 heavy (non-hydrogen) atoms. The van der Waals surface area contributed by atoms with Crippen molar-refractivity contribution in [3.05, 3.63) is 15.6 Å². The van der Waals surface area contributed by atoms with Crippen LogP contribution in [0, 0.1) is 0 Å². The van der Waals surface area contributed by atoms with Gasteiger partial charge in [0.25, 0.3) is 0 Å². The van der Waals surface area contributed by atoms with Crippen LogP contribution in [0.4, 0.5) is 0 Å². The predicted octanol–water partition coefficient (Wildman–Crippen LogP) is 3.42. The number of rotatable bonds is 4. The van der Waals surface area contributed by atoms with Crippen molar-refractivity contribution in [2.24, 2.45) is 0 Å². The SMILES string of the molecule is CCNC1(c2nc3c(s2)CCCC3)CCOC(CC)C1. The van der Waals surface area contributed by atoms with Crippen molar-refractivity contribution >= 4 is 11.3 Å². The van der Waals surface area contributed by atoms with Gasteiger partial charge in [0.2, 0.25) is 0 Å². The first kappa shape index (κ1) is 14.5. The quantitative estimate of drug-likeness (QED) is 0.924. The van der Waals surface area contributed by atoms with Crippen molar-refractivity contribution in [1.29, 1.82) is 0 Å². The lowest BCUT2D eigenvalue weighted by molar-refractivity contribution is -0.0319. The highest BCUT2D eigenvalue weighted by Crippen LogP contribution is 2.40. The van der Waals surface area contributed by atoms with Gasteiger partial charge >= 0.3 is 0 Å². The minimum Gasteiger partial charge on any atom is -0.378 e. The van der Waals surface area contributed by atoms with Crippen LogP contribution in [-0.4, -0.2) is 24.2 Å². The average molecular weight is 294 g/mol. The molecule has 3 rings (SSSR count). The van der Waals surface area contributed by atoms with Gasteiger partial charge in [0.05, 0.1) is 17.3 Å². The summed E-state index contributed by atoms with van der Waals surface area (Å²) in [4.78, 5) is 6.58. The standard InChI is InChI=1S/C16H26N2OS/c1-3-12-11-16(17-4-2,9-10-19-12)15-18-13-7-5-6-8-14(13)20-15/h12,17H,3-11H2,1-2H3. The second-order valence-corrected chi connectivity index (χ2v) is 7.15. The molecule has 1 N–H and O–H groups in total. The van der Waals surface area contributed by atoms with Crippen LogP contribution in [0.2, 0.25) is 0 Å². The summed E-state index contributed by atoms with van der Waals surface area (Å²) in [5.41, 5.74) is 1.45. The minimum atomic E-state index is 0.0652. The molecule has 1 fully saturated rings. The van der Waals surface area contributed by atoms with E-state index in [1.807, 2.05) is 11.3 Å². The number of ether oxygens (including phenoxy) is 1. The summed E-state index contributed by atoms with van der Waals surface area (Å²) in [7, 11) is 0. The van der Waals surface area contributed by atoms with Crippen LogP contribution in [-0.2, 0) is 23.1 Å². The van der Waals surface area contributed by atoms with Gasteiger partial charge in [-0.1, -0.05) is 13.8 Å². The van der Waals surface area contributed by atoms with Gasteiger partial charge < -0.3 is 10.1 Å². The van der Waals surface area contributed by atoms with Crippen molar-refractivity contribution in [2.45, 2.75) is 70.4 Å². The molecule has 1 aromatic heterocycles. The Kier molecular flexibility index (Phi) is 4.43. The number of nitrogens with zero attached hydrogens (tertiary/aromatic N) is 1. The van der Waals surface area contributed by atoms with Gasteiger partial charge in [-0.3, -0.25) is 0 Å². The number of fused-ring (bicyclic) bond motifs is 1. The van der Waals surface area contributed by atoms with Crippen molar-refractivity contribution in [3.63, 3.8) is 0 Å². The molecule has 0 saturated carbocycles. The topological polar surface area (TPSA) is 34.2 Å². The first-order chi connectivity index (χ1) is 9.77. The van der Waals surface area contributed by atoms with Crippen LogP contribution in [0.1, 0.15) is 61.5 Å². The van der Waals surface area contributed by atoms with Gasteiger partial charge in [-0.2, -0.15) is 0 Å². The Morgan fingerprint density at radius 1 is 1.35 bits per heavy atom. The zero-order valence-electron chi connectivity index (χ0n) is 12.7. The first-order valence-corrected chi connectivity index (χ1v) is 8.94. The van der Waals surface area contributed by atoms with Crippen LogP contribution >= 0.6 is 11.3 Å². The average Bonchev–Trinajstić information content (AvgIpc) is 2.92. The number of hydrogen-bond donors (Lipinski definition) is 1. The number of hydrogen-bond acceptors (Lipinski definition) is 4. The van der Waals surface area contributed by atoms with E-state index in [-0.39, 0.29) is 5.54 Å². The van der Waals surface area contributed by atoms with E-state index in [1.54, 1.807) is 4.88 Å². The molecule has 0 bridgehead atoms. The zero-order chi connectivity index (χ0) is 14.0. The molecule has 3 nitrogen and oxygen atoms in total. The largest absolute Gasteiger partial charge is 0.378 e. The van der Waals surface area contributed by atoms with E-state index < -0.39 is 0 Å². The Balaban J connectivity index is 1.90. The third kappa shape index (κ3) is 2.66. The monoisotopic (exact) mass is 294 g/mol. The second kappa shape index (κ2) is 6.12. The molecule has 0 spiro atoms. The molecular formula is C16H26N2OS. The highest BCUT2D eigenvalue weighted by Gasteiger charge is 2.40. The Hall–Kier alpha value is -0.450. The number of thiazole rings is 1. The Bertz CT molecular complexity index is 432. The third-order valence-electron chi connectivity index (χ3n) is 4.68. The van der Waals surface area contributed by atoms with E-state index in [4.69, 9.17) is 9.72 Å². The van der Waals surface area contributed by atoms with Gasteiger partial charge in [0, 0.05) is 11.5 Å². The molecule has 4 heteroatoms. The zero-order valence-corrected chi connectivity index (χ0v) is 13.5. The van der Waals surface area contributed by atoms with Crippen molar-refractivity contribution < 1.29 is 4.74 Å². The van der Waals surface area contributed by atoms with E-state index in [1.165, 1.54) is 36.4 Å². The highest BCUT2D eigenvalue weighted by molar-refractivity contribution is 7.11. The van der Waals surface area contributed by atoms with Gasteiger partial charge in [0.15, 0.2) is 0 Å². The normalized spacial score (nSPS) is 30.2. The molecule has 0 amide bonds. The van der Waals surface area contributed by atoms with Crippen LogP contribution in [0.5, 0.6) is 0 Å². The van der Waals surface area contributed by atoms with E-state index in [0.29, 0.717) is 6.10 Å². The van der Waals surface area contributed by atoms with Gasteiger partial charge in [0.1, 0.15) is 5.01 Å². The van der Waals surface area contributed by atoms with Gasteiger partial charge in [-0.05, 0) is 51.5 Å². The lowest BCUT2D eigenvalue weighted by Crippen LogP contribution is -2.49. The molecule has 2 unspecified atom stereocenters. The number of nitrogens with one attached hydrogen (secondary N) is 1. The fourth-order valence-electron chi connectivity index (χ4n) is 3.54. The van der Waals surface area contributed by atoms with E-state index >= 15 is 0 Å². The van der Waals surface area contributed by atoms with Crippen LogP contribution < -0.4 is 5.32 Å². The number of aromatic nitrogens is 1. The molecule has 1 saturated heterocycles. The maximum Gasteiger partial charge on any atom is 0.113 e. The molecule has 1 aliphatic heterocycles. The lowest BCUT2D eigenvalue weighted by atomic mass is 9.86. The van der Waals surface area contributed by atoms with Crippen LogP contribution in [0.25, 0.3) is 0 Å². The van der Waals surface area contributed by atoms with Crippen LogP contribution in [0.3, 0.4) is 0 Å². The molecule has 2 atom stereocenters. The van der Waals surface area contributed by atoms with Gasteiger partial charge in [-0.25, -0.2) is 4.98 Å². The molecular weight excluding hydrogens is 268 g/mol. The summed E-state index contributed by atoms with van der Waals surface area (Å²) >= 11 is 1.96. The maximum absolute atomic E-state index is 5.89. The first-order valence-electron chi connectivity index (χ1n) is 8.13. The van der Waals surface area contributed by atoms with Crippen LogP contribution in [0.15, 0.2) is 0 Å². The van der Waals surface area contributed by atoms with E-state index in [9.17, 15) is 0 Å². The van der Waals surface area contributed by atoms with E-state index in [0.717, 1.165) is 32.4 Å². The molecule has 2 aliphatic rings. The fraction of sp³-hybridized carbons (Fsp3) is 0.812. The minimum absolute atomic E-state index is 0.0652. The summed E-state index contributed by atoms with van der Waals surface area (Å²) in [6, 6.07) is 0. The summed E-state index contributed by atoms with van der Waals surface area (Å²) in [5.74, 6) is 0. The molecule has 0 aromatic carbocycles. The highest BCUT2D eigenvalue weighted by atomic mass is 32.1. The smallest absolute Gasteiger partial charge is 0.113 e.